The number of hydrogen-bond acceptors (Lipinski definition) is 4. The van der Waals surface area contributed by atoms with E-state index in [1.807, 2.05) is 32.0 Å². The Bertz CT molecular complexity index is 893. The lowest BCUT2D eigenvalue weighted by Gasteiger charge is -2.14. The van der Waals surface area contributed by atoms with Crippen LogP contribution in [0.5, 0.6) is 0 Å². The molecule has 0 aliphatic rings. The molecule has 0 unspecified atom stereocenters. The average Bonchev–Trinajstić information content (AvgIpc) is 2.70. The molecule has 2 rings (SSSR count). The molecular formula is C21H22Cl2N2O4. The minimum absolute atomic E-state index is 0.170. The number of ether oxygens (including phenoxy) is 1. The number of carbonyl (C=O) groups excluding carboxylic acids is 3. The van der Waals surface area contributed by atoms with Crippen molar-refractivity contribution in [3.05, 3.63) is 63.1 Å². The fraction of sp³-hybridized carbons (Fsp3) is 0.286. The summed E-state index contributed by atoms with van der Waals surface area (Å²) in [6.07, 6.45) is 1.53. The second-order valence-electron chi connectivity index (χ2n) is 6.17. The number of rotatable bonds is 8. The maximum atomic E-state index is 12.2. The topological polar surface area (TPSA) is 84.5 Å². The van der Waals surface area contributed by atoms with Crippen LogP contribution >= 0.6 is 23.2 Å². The van der Waals surface area contributed by atoms with Crippen molar-refractivity contribution in [2.24, 2.45) is 0 Å². The van der Waals surface area contributed by atoms with E-state index in [0.717, 1.165) is 29.7 Å². The molecule has 2 amide bonds. The fourth-order valence-electron chi connectivity index (χ4n) is 2.70. The van der Waals surface area contributed by atoms with E-state index in [2.05, 4.69) is 10.6 Å². The van der Waals surface area contributed by atoms with Crippen LogP contribution in [0, 0.1) is 0 Å². The lowest BCUT2D eigenvalue weighted by molar-refractivity contribution is -0.146. The molecule has 2 aromatic carbocycles. The summed E-state index contributed by atoms with van der Waals surface area (Å²) in [7, 11) is 0. The van der Waals surface area contributed by atoms with Gasteiger partial charge in [-0.15, -0.1) is 0 Å². The summed E-state index contributed by atoms with van der Waals surface area (Å²) in [6.45, 7) is 3.16. The zero-order valence-corrected chi connectivity index (χ0v) is 17.7. The van der Waals surface area contributed by atoms with Crippen LogP contribution in [0.15, 0.2) is 36.4 Å². The summed E-state index contributed by atoms with van der Waals surface area (Å²) in [5, 5.41) is 5.77. The van der Waals surface area contributed by atoms with Crippen LogP contribution in [-0.4, -0.2) is 30.9 Å². The van der Waals surface area contributed by atoms with Crippen LogP contribution in [0.3, 0.4) is 0 Å². The first-order chi connectivity index (χ1) is 13.8. The van der Waals surface area contributed by atoms with Crippen molar-refractivity contribution >= 4 is 46.7 Å². The SMILES string of the molecule is CCc1cccc(CC)c1NC(=O)COC(=O)CNC(=O)c1ccc(Cl)cc1Cl. The van der Waals surface area contributed by atoms with E-state index < -0.39 is 30.9 Å². The number of halogens is 2. The van der Waals surface area contributed by atoms with Gasteiger partial charge in [-0.25, -0.2) is 0 Å². The Balaban J connectivity index is 1.85. The molecule has 0 radical (unpaired) electrons. The van der Waals surface area contributed by atoms with Crippen molar-refractivity contribution in [2.75, 3.05) is 18.5 Å². The predicted octanol–water partition coefficient (Wildman–Crippen LogP) is 4.03. The molecular weight excluding hydrogens is 415 g/mol. The lowest BCUT2D eigenvalue weighted by atomic mass is 10.0. The molecule has 0 atom stereocenters. The van der Waals surface area contributed by atoms with E-state index in [0.29, 0.717) is 5.02 Å². The van der Waals surface area contributed by atoms with Gasteiger partial charge in [-0.1, -0.05) is 55.2 Å². The molecule has 0 aliphatic carbocycles. The predicted molar refractivity (Wildman–Crippen MR) is 114 cm³/mol. The van der Waals surface area contributed by atoms with Gasteiger partial charge in [0.05, 0.1) is 10.6 Å². The highest BCUT2D eigenvalue weighted by molar-refractivity contribution is 6.36. The molecule has 0 bridgehead atoms. The Hall–Kier alpha value is -2.57. The average molecular weight is 437 g/mol. The van der Waals surface area contributed by atoms with Crippen LogP contribution in [0.1, 0.15) is 35.3 Å². The van der Waals surface area contributed by atoms with Crippen molar-refractivity contribution in [1.29, 1.82) is 0 Å². The summed E-state index contributed by atoms with van der Waals surface area (Å²) < 4.78 is 4.94. The van der Waals surface area contributed by atoms with Crippen LogP contribution in [0.4, 0.5) is 5.69 Å². The third kappa shape index (κ3) is 6.48. The van der Waals surface area contributed by atoms with Crippen molar-refractivity contribution in [2.45, 2.75) is 26.7 Å². The standard InChI is InChI=1S/C21H22Cl2N2O4/c1-3-13-6-5-7-14(4-2)20(13)25-18(26)12-29-19(27)11-24-21(28)16-9-8-15(22)10-17(16)23/h5-10H,3-4,11-12H2,1-2H3,(H,24,28)(H,25,26). The first-order valence-electron chi connectivity index (χ1n) is 9.15. The molecule has 6 nitrogen and oxygen atoms in total. The third-order valence-corrected chi connectivity index (χ3v) is 4.74. The quantitative estimate of drug-likeness (QED) is 0.611. The molecule has 0 spiro atoms. The lowest BCUT2D eigenvalue weighted by Crippen LogP contribution is -2.32. The number of anilines is 1. The Morgan fingerprint density at radius 3 is 2.24 bits per heavy atom. The third-order valence-electron chi connectivity index (χ3n) is 4.20. The van der Waals surface area contributed by atoms with Gasteiger partial charge in [0.1, 0.15) is 6.54 Å². The Morgan fingerprint density at radius 1 is 1.00 bits per heavy atom. The van der Waals surface area contributed by atoms with Crippen molar-refractivity contribution in [3.8, 4) is 0 Å². The van der Waals surface area contributed by atoms with E-state index in [1.54, 1.807) is 0 Å². The summed E-state index contributed by atoms with van der Waals surface area (Å²) in [5.41, 5.74) is 2.96. The van der Waals surface area contributed by atoms with Gasteiger partial charge in [-0.2, -0.15) is 0 Å². The summed E-state index contributed by atoms with van der Waals surface area (Å²) in [6, 6.07) is 10.2. The number of aryl methyl sites for hydroxylation is 2. The maximum Gasteiger partial charge on any atom is 0.325 e. The normalized spacial score (nSPS) is 10.3. The molecule has 0 aliphatic heterocycles. The van der Waals surface area contributed by atoms with E-state index in [9.17, 15) is 14.4 Å². The monoisotopic (exact) mass is 436 g/mol. The number of benzene rings is 2. The van der Waals surface area contributed by atoms with Crippen molar-refractivity contribution in [1.82, 2.24) is 5.32 Å². The molecule has 0 saturated heterocycles. The molecule has 154 valence electrons. The molecule has 8 heteroatoms. The molecule has 0 aromatic heterocycles. The van der Waals surface area contributed by atoms with Gasteiger partial charge >= 0.3 is 5.97 Å². The number of amides is 2. The molecule has 0 heterocycles. The highest BCUT2D eigenvalue weighted by atomic mass is 35.5. The van der Waals surface area contributed by atoms with Crippen molar-refractivity contribution in [3.63, 3.8) is 0 Å². The second-order valence-corrected chi connectivity index (χ2v) is 7.02. The Kier molecular flexibility index (Phi) is 8.49. The summed E-state index contributed by atoms with van der Waals surface area (Å²) >= 11 is 11.7. The van der Waals surface area contributed by atoms with Crippen LogP contribution in [0.25, 0.3) is 0 Å². The molecule has 0 fully saturated rings. The van der Waals surface area contributed by atoms with Crippen LogP contribution < -0.4 is 10.6 Å². The van der Waals surface area contributed by atoms with Gasteiger partial charge in [0.15, 0.2) is 6.61 Å². The van der Waals surface area contributed by atoms with E-state index >= 15 is 0 Å². The maximum absolute atomic E-state index is 12.2. The highest BCUT2D eigenvalue weighted by Crippen LogP contribution is 2.22. The molecule has 2 aromatic rings. The number of esters is 1. The molecule has 0 saturated carbocycles. The summed E-state index contributed by atoms with van der Waals surface area (Å²) in [5.74, 6) is -1.73. The minimum atomic E-state index is -0.738. The summed E-state index contributed by atoms with van der Waals surface area (Å²) in [4.78, 5) is 36.1. The van der Waals surface area contributed by atoms with Crippen molar-refractivity contribution < 1.29 is 19.1 Å². The first kappa shape index (κ1) is 22.7. The number of carbonyl (C=O) groups is 3. The second kappa shape index (κ2) is 10.8. The van der Waals surface area contributed by atoms with Gasteiger partial charge in [-0.3, -0.25) is 14.4 Å². The highest BCUT2D eigenvalue weighted by Gasteiger charge is 2.15. The van der Waals surface area contributed by atoms with Crippen LogP contribution in [0.2, 0.25) is 10.0 Å². The van der Waals surface area contributed by atoms with Gasteiger partial charge in [0, 0.05) is 10.7 Å². The van der Waals surface area contributed by atoms with E-state index in [4.69, 9.17) is 27.9 Å². The smallest absolute Gasteiger partial charge is 0.325 e. The van der Waals surface area contributed by atoms with Gasteiger partial charge in [0.25, 0.3) is 11.8 Å². The Labute approximate surface area is 179 Å². The largest absolute Gasteiger partial charge is 0.454 e. The number of hydrogen-bond donors (Lipinski definition) is 2. The number of nitrogens with one attached hydrogen (secondary N) is 2. The van der Waals surface area contributed by atoms with Crippen LogP contribution in [-0.2, 0) is 27.2 Å². The van der Waals surface area contributed by atoms with Gasteiger partial charge in [0.2, 0.25) is 0 Å². The minimum Gasteiger partial charge on any atom is -0.454 e. The zero-order chi connectivity index (χ0) is 21.4. The first-order valence-corrected chi connectivity index (χ1v) is 9.90. The van der Waals surface area contributed by atoms with Gasteiger partial charge < -0.3 is 15.4 Å². The fourth-order valence-corrected chi connectivity index (χ4v) is 3.19. The molecule has 2 N–H and O–H groups in total. The van der Waals surface area contributed by atoms with E-state index in [1.165, 1.54) is 18.2 Å². The zero-order valence-electron chi connectivity index (χ0n) is 16.2. The Morgan fingerprint density at radius 2 is 1.66 bits per heavy atom. The van der Waals surface area contributed by atoms with E-state index in [-0.39, 0.29) is 10.6 Å². The van der Waals surface area contributed by atoms with Gasteiger partial charge in [-0.05, 0) is 42.2 Å². The number of para-hydroxylation sites is 1. The molecule has 29 heavy (non-hydrogen) atoms.